The van der Waals surface area contributed by atoms with E-state index in [-0.39, 0.29) is 5.60 Å². The summed E-state index contributed by atoms with van der Waals surface area (Å²) in [5.41, 5.74) is 0.912. The van der Waals surface area contributed by atoms with Gasteiger partial charge >= 0.3 is 0 Å². The molecule has 0 fully saturated rings. The molecule has 1 aromatic rings. The summed E-state index contributed by atoms with van der Waals surface area (Å²) in [5.74, 6) is 1.52. The minimum absolute atomic E-state index is 0.109. The predicted octanol–water partition coefficient (Wildman–Crippen LogP) is 3.32. The van der Waals surface area contributed by atoms with Crippen LogP contribution in [0.3, 0.4) is 0 Å². The van der Waals surface area contributed by atoms with Crippen molar-refractivity contribution in [3.05, 3.63) is 18.2 Å². The molecule has 4 nitrogen and oxygen atoms in total. The van der Waals surface area contributed by atoms with E-state index in [0.717, 1.165) is 30.2 Å². The van der Waals surface area contributed by atoms with Crippen molar-refractivity contribution < 1.29 is 14.2 Å². The lowest BCUT2D eigenvalue weighted by atomic mass is 10.1. The standard InChI is InChI=1S/C15H25NO3/c1-6-19-13-8-7-12(11-14(13)17-4)16-10-9-15(2,3)18-5/h7-8,11,16H,6,9-10H2,1-5H3. The molecular formula is C15H25NO3. The van der Waals surface area contributed by atoms with Crippen LogP contribution in [-0.4, -0.2) is 33.0 Å². The van der Waals surface area contributed by atoms with Crippen LogP contribution in [0.1, 0.15) is 27.2 Å². The molecule has 0 heterocycles. The zero-order chi connectivity index (χ0) is 14.3. The Labute approximate surface area is 116 Å². The van der Waals surface area contributed by atoms with Gasteiger partial charge in [0.15, 0.2) is 11.5 Å². The maximum absolute atomic E-state index is 5.49. The number of benzene rings is 1. The highest BCUT2D eigenvalue weighted by Crippen LogP contribution is 2.30. The molecule has 0 aromatic heterocycles. The fourth-order valence-corrected chi connectivity index (χ4v) is 1.66. The Bertz CT molecular complexity index is 391. The summed E-state index contributed by atoms with van der Waals surface area (Å²) < 4.78 is 16.2. The van der Waals surface area contributed by atoms with Crippen LogP contribution in [0.25, 0.3) is 0 Å². The first-order chi connectivity index (χ1) is 9.02. The molecule has 0 saturated heterocycles. The Kier molecular flexibility index (Phi) is 5.96. The average Bonchev–Trinajstić information content (AvgIpc) is 2.40. The zero-order valence-electron chi connectivity index (χ0n) is 12.6. The lowest BCUT2D eigenvalue weighted by Crippen LogP contribution is -2.25. The number of ether oxygens (including phenoxy) is 3. The smallest absolute Gasteiger partial charge is 0.162 e. The average molecular weight is 267 g/mol. The third-order valence-corrected chi connectivity index (χ3v) is 3.07. The summed E-state index contributed by atoms with van der Waals surface area (Å²) >= 11 is 0. The third-order valence-electron chi connectivity index (χ3n) is 3.07. The van der Waals surface area contributed by atoms with Crippen molar-refractivity contribution in [3.8, 4) is 11.5 Å². The summed E-state index contributed by atoms with van der Waals surface area (Å²) in [5, 5.41) is 3.36. The molecule has 0 aliphatic carbocycles. The first kappa shape index (κ1) is 15.6. The van der Waals surface area contributed by atoms with Crippen molar-refractivity contribution in [2.45, 2.75) is 32.8 Å². The van der Waals surface area contributed by atoms with Crippen molar-refractivity contribution >= 4 is 5.69 Å². The molecule has 1 aromatic carbocycles. The highest BCUT2D eigenvalue weighted by molar-refractivity contribution is 5.54. The number of anilines is 1. The minimum atomic E-state index is -0.109. The SMILES string of the molecule is CCOc1ccc(NCCC(C)(C)OC)cc1OC. The van der Waals surface area contributed by atoms with E-state index in [4.69, 9.17) is 14.2 Å². The second kappa shape index (κ2) is 7.24. The van der Waals surface area contributed by atoms with Crippen molar-refractivity contribution in [1.82, 2.24) is 0 Å². The molecule has 0 radical (unpaired) electrons. The summed E-state index contributed by atoms with van der Waals surface area (Å²) in [6.45, 7) is 7.59. The Balaban J connectivity index is 2.60. The van der Waals surface area contributed by atoms with Gasteiger partial charge in [-0.25, -0.2) is 0 Å². The van der Waals surface area contributed by atoms with Crippen LogP contribution in [0.4, 0.5) is 5.69 Å². The van der Waals surface area contributed by atoms with Crippen molar-refractivity contribution in [1.29, 1.82) is 0 Å². The molecule has 0 spiro atoms. The molecule has 1 N–H and O–H groups in total. The van der Waals surface area contributed by atoms with Crippen molar-refractivity contribution in [2.75, 3.05) is 32.7 Å². The molecule has 0 saturated carbocycles. The number of rotatable bonds is 8. The van der Waals surface area contributed by atoms with Gasteiger partial charge in [0.25, 0.3) is 0 Å². The highest BCUT2D eigenvalue weighted by Gasteiger charge is 2.15. The van der Waals surface area contributed by atoms with Crippen LogP contribution in [0.2, 0.25) is 0 Å². The van der Waals surface area contributed by atoms with Crippen molar-refractivity contribution in [3.63, 3.8) is 0 Å². The van der Waals surface area contributed by atoms with E-state index in [1.165, 1.54) is 0 Å². The van der Waals surface area contributed by atoms with E-state index in [0.29, 0.717) is 6.61 Å². The molecule has 0 amide bonds. The molecule has 0 aliphatic heterocycles. The summed E-state index contributed by atoms with van der Waals surface area (Å²) in [6.07, 6.45) is 0.930. The lowest BCUT2D eigenvalue weighted by Gasteiger charge is -2.23. The quantitative estimate of drug-likeness (QED) is 0.784. The fourth-order valence-electron chi connectivity index (χ4n) is 1.66. The van der Waals surface area contributed by atoms with Gasteiger partial charge in [0, 0.05) is 25.4 Å². The van der Waals surface area contributed by atoms with E-state index in [9.17, 15) is 0 Å². The maximum atomic E-state index is 5.49. The molecule has 0 bridgehead atoms. The van der Waals surface area contributed by atoms with Crippen LogP contribution in [-0.2, 0) is 4.74 Å². The van der Waals surface area contributed by atoms with E-state index in [2.05, 4.69) is 19.2 Å². The molecule has 19 heavy (non-hydrogen) atoms. The van der Waals surface area contributed by atoms with Crippen LogP contribution in [0.5, 0.6) is 11.5 Å². The molecule has 0 atom stereocenters. The first-order valence-corrected chi connectivity index (χ1v) is 6.62. The third kappa shape index (κ3) is 4.99. The minimum Gasteiger partial charge on any atom is -0.493 e. The van der Waals surface area contributed by atoms with Crippen molar-refractivity contribution in [2.24, 2.45) is 0 Å². The van der Waals surface area contributed by atoms with Gasteiger partial charge in [-0.2, -0.15) is 0 Å². The van der Waals surface area contributed by atoms with E-state index < -0.39 is 0 Å². The van der Waals surface area contributed by atoms with Gasteiger partial charge in [-0.3, -0.25) is 0 Å². The predicted molar refractivity (Wildman–Crippen MR) is 78.4 cm³/mol. The number of hydrogen-bond donors (Lipinski definition) is 1. The topological polar surface area (TPSA) is 39.7 Å². The van der Waals surface area contributed by atoms with E-state index in [1.54, 1.807) is 14.2 Å². The Morgan fingerprint density at radius 1 is 1.16 bits per heavy atom. The summed E-state index contributed by atoms with van der Waals surface area (Å²) in [4.78, 5) is 0. The highest BCUT2D eigenvalue weighted by atomic mass is 16.5. The van der Waals surface area contributed by atoms with E-state index >= 15 is 0 Å². The van der Waals surface area contributed by atoms with Crippen LogP contribution in [0, 0.1) is 0 Å². The second-order valence-electron chi connectivity index (χ2n) is 4.94. The summed E-state index contributed by atoms with van der Waals surface area (Å²) in [6, 6.07) is 5.87. The first-order valence-electron chi connectivity index (χ1n) is 6.62. The lowest BCUT2D eigenvalue weighted by molar-refractivity contribution is 0.0185. The Morgan fingerprint density at radius 2 is 1.89 bits per heavy atom. The van der Waals surface area contributed by atoms with Crippen LogP contribution < -0.4 is 14.8 Å². The van der Waals surface area contributed by atoms with Gasteiger partial charge in [0.05, 0.1) is 19.3 Å². The van der Waals surface area contributed by atoms with Gasteiger partial charge in [-0.1, -0.05) is 0 Å². The molecule has 0 unspecified atom stereocenters. The molecule has 0 aliphatic rings. The zero-order valence-corrected chi connectivity index (χ0v) is 12.6. The molecule has 4 heteroatoms. The largest absolute Gasteiger partial charge is 0.493 e. The molecule has 1 rings (SSSR count). The Morgan fingerprint density at radius 3 is 2.47 bits per heavy atom. The maximum Gasteiger partial charge on any atom is 0.162 e. The number of nitrogens with one attached hydrogen (secondary N) is 1. The normalized spacial score (nSPS) is 11.2. The van der Waals surface area contributed by atoms with Gasteiger partial charge in [0.2, 0.25) is 0 Å². The van der Waals surface area contributed by atoms with Gasteiger partial charge in [0.1, 0.15) is 0 Å². The monoisotopic (exact) mass is 267 g/mol. The van der Waals surface area contributed by atoms with E-state index in [1.807, 2.05) is 25.1 Å². The molecule has 108 valence electrons. The van der Waals surface area contributed by atoms with Gasteiger partial charge in [-0.05, 0) is 39.3 Å². The summed E-state index contributed by atoms with van der Waals surface area (Å²) in [7, 11) is 3.38. The van der Waals surface area contributed by atoms with Crippen LogP contribution >= 0.6 is 0 Å². The second-order valence-corrected chi connectivity index (χ2v) is 4.94. The fraction of sp³-hybridized carbons (Fsp3) is 0.600. The molecular weight excluding hydrogens is 242 g/mol. The van der Waals surface area contributed by atoms with Gasteiger partial charge in [-0.15, -0.1) is 0 Å². The Hall–Kier alpha value is -1.42. The number of methoxy groups -OCH3 is 2. The van der Waals surface area contributed by atoms with Crippen LogP contribution in [0.15, 0.2) is 18.2 Å². The number of hydrogen-bond acceptors (Lipinski definition) is 4. The van der Waals surface area contributed by atoms with Gasteiger partial charge < -0.3 is 19.5 Å².